The van der Waals surface area contributed by atoms with Crippen molar-refractivity contribution in [3.63, 3.8) is 0 Å². The number of rotatable bonds is 4. The fourth-order valence-corrected chi connectivity index (χ4v) is 4.68. The SMILES string of the molecule is NC(CC1CCCCC1)C(=O)N1CCCC(N2CCCC2)C1. The van der Waals surface area contributed by atoms with Crippen molar-refractivity contribution in [2.45, 2.75) is 76.3 Å². The second-order valence-corrected chi connectivity index (χ2v) is 7.67. The molecule has 0 radical (unpaired) electrons. The summed E-state index contributed by atoms with van der Waals surface area (Å²) in [5, 5.41) is 0. The van der Waals surface area contributed by atoms with E-state index in [1.54, 1.807) is 0 Å². The van der Waals surface area contributed by atoms with E-state index in [-0.39, 0.29) is 11.9 Å². The summed E-state index contributed by atoms with van der Waals surface area (Å²) in [5.74, 6) is 0.904. The van der Waals surface area contributed by atoms with Crippen molar-refractivity contribution in [3.05, 3.63) is 0 Å². The summed E-state index contributed by atoms with van der Waals surface area (Å²) in [6.45, 7) is 4.28. The van der Waals surface area contributed by atoms with Crippen LogP contribution >= 0.6 is 0 Å². The molecule has 3 aliphatic rings. The lowest BCUT2D eigenvalue weighted by Crippen LogP contribution is -2.53. The molecule has 4 nitrogen and oxygen atoms in total. The Morgan fingerprint density at radius 1 is 0.955 bits per heavy atom. The third kappa shape index (κ3) is 4.02. The van der Waals surface area contributed by atoms with Gasteiger partial charge in [-0.05, 0) is 51.1 Å². The van der Waals surface area contributed by atoms with Gasteiger partial charge >= 0.3 is 0 Å². The quantitative estimate of drug-likeness (QED) is 0.867. The molecule has 3 rings (SSSR count). The molecule has 2 aliphatic heterocycles. The molecule has 2 heterocycles. The van der Waals surface area contributed by atoms with Crippen LogP contribution in [0.2, 0.25) is 0 Å². The largest absolute Gasteiger partial charge is 0.340 e. The minimum atomic E-state index is -0.263. The Hall–Kier alpha value is -0.610. The number of piperidine rings is 1. The lowest BCUT2D eigenvalue weighted by molar-refractivity contribution is -0.135. The van der Waals surface area contributed by atoms with Crippen LogP contribution in [0.15, 0.2) is 0 Å². The summed E-state index contributed by atoms with van der Waals surface area (Å²) in [6.07, 6.45) is 12.5. The van der Waals surface area contributed by atoms with Gasteiger partial charge in [0, 0.05) is 19.1 Å². The third-order valence-corrected chi connectivity index (χ3v) is 5.99. The molecule has 4 heteroatoms. The Balaban J connectivity index is 1.49. The molecular weight excluding hydrogens is 274 g/mol. The lowest BCUT2D eigenvalue weighted by Gasteiger charge is -2.39. The van der Waals surface area contributed by atoms with Crippen molar-refractivity contribution in [1.82, 2.24) is 9.80 Å². The maximum atomic E-state index is 12.7. The molecule has 2 atom stereocenters. The molecule has 0 aromatic heterocycles. The molecule has 0 aromatic carbocycles. The van der Waals surface area contributed by atoms with Crippen LogP contribution in [0.1, 0.15) is 64.2 Å². The average molecular weight is 307 g/mol. The summed E-state index contributed by atoms with van der Waals surface area (Å²) in [5.41, 5.74) is 6.27. The Kier molecular flexibility index (Phi) is 5.75. The van der Waals surface area contributed by atoms with Gasteiger partial charge in [-0.15, -0.1) is 0 Å². The highest BCUT2D eigenvalue weighted by atomic mass is 16.2. The van der Waals surface area contributed by atoms with Crippen LogP contribution in [0.3, 0.4) is 0 Å². The second-order valence-electron chi connectivity index (χ2n) is 7.67. The zero-order valence-electron chi connectivity index (χ0n) is 14.0. The molecule has 126 valence electrons. The smallest absolute Gasteiger partial charge is 0.239 e. The molecule has 0 spiro atoms. The van der Waals surface area contributed by atoms with Gasteiger partial charge in [-0.25, -0.2) is 0 Å². The third-order valence-electron chi connectivity index (χ3n) is 5.99. The number of carbonyl (C=O) groups excluding carboxylic acids is 1. The van der Waals surface area contributed by atoms with Gasteiger partial charge in [-0.3, -0.25) is 9.69 Å². The van der Waals surface area contributed by atoms with Crippen LogP contribution in [-0.2, 0) is 4.79 Å². The number of hydrogen-bond acceptors (Lipinski definition) is 3. The highest BCUT2D eigenvalue weighted by Crippen LogP contribution is 2.28. The fourth-order valence-electron chi connectivity index (χ4n) is 4.68. The standard InChI is InChI=1S/C18H33N3O/c19-17(13-15-7-2-1-3-8-15)18(22)21-12-6-9-16(14-21)20-10-4-5-11-20/h15-17H,1-14,19H2. The van der Waals surface area contributed by atoms with Gasteiger partial charge in [0.15, 0.2) is 0 Å². The van der Waals surface area contributed by atoms with Crippen LogP contribution in [0.4, 0.5) is 0 Å². The first-order chi connectivity index (χ1) is 10.7. The monoisotopic (exact) mass is 307 g/mol. The molecular formula is C18H33N3O. The van der Waals surface area contributed by atoms with E-state index in [9.17, 15) is 4.79 Å². The van der Waals surface area contributed by atoms with E-state index in [0.717, 1.165) is 25.9 Å². The van der Waals surface area contributed by atoms with Crippen LogP contribution in [0, 0.1) is 5.92 Å². The number of nitrogens with zero attached hydrogens (tertiary/aromatic N) is 2. The van der Waals surface area contributed by atoms with E-state index in [1.807, 2.05) is 0 Å². The second kappa shape index (κ2) is 7.78. The van der Waals surface area contributed by atoms with Gasteiger partial charge in [0.05, 0.1) is 6.04 Å². The first-order valence-electron chi connectivity index (χ1n) is 9.52. The zero-order chi connectivity index (χ0) is 15.4. The van der Waals surface area contributed by atoms with Gasteiger partial charge < -0.3 is 10.6 Å². The Morgan fingerprint density at radius 2 is 1.68 bits per heavy atom. The maximum absolute atomic E-state index is 12.7. The summed E-state index contributed by atoms with van der Waals surface area (Å²) in [7, 11) is 0. The van der Waals surface area contributed by atoms with E-state index < -0.39 is 0 Å². The summed E-state index contributed by atoms with van der Waals surface area (Å²) < 4.78 is 0. The number of carbonyl (C=O) groups is 1. The van der Waals surface area contributed by atoms with E-state index in [1.165, 1.54) is 64.5 Å². The first kappa shape index (κ1) is 16.3. The van der Waals surface area contributed by atoms with Crippen LogP contribution < -0.4 is 5.73 Å². The van der Waals surface area contributed by atoms with E-state index >= 15 is 0 Å². The molecule has 2 saturated heterocycles. The lowest BCUT2D eigenvalue weighted by atomic mass is 9.84. The number of likely N-dealkylation sites (tertiary alicyclic amines) is 2. The van der Waals surface area contributed by atoms with Crippen molar-refractivity contribution in [1.29, 1.82) is 0 Å². The first-order valence-corrected chi connectivity index (χ1v) is 9.52. The Bertz CT molecular complexity index is 361. The topological polar surface area (TPSA) is 49.6 Å². The van der Waals surface area contributed by atoms with Crippen molar-refractivity contribution >= 4 is 5.91 Å². The molecule has 22 heavy (non-hydrogen) atoms. The molecule has 2 N–H and O–H groups in total. The number of amides is 1. The van der Waals surface area contributed by atoms with E-state index in [4.69, 9.17) is 5.73 Å². The molecule has 2 unspecified atom stereocenters. The number of nitrogens with two attached hydrogens (primary N) is 1. The van der Waals surface area contributed by atoms with E-state index in [2.05, 4.69) is 9.80 Å². The minimum absolute atomic E-state index is 0.217. The zero-order valence-corrected chi connectivity index (χ0v) is 14.0. The fraction of sp³-hybridized carbons (Fsp3) is 0.944. The average Bonchev–Trinajstić information content (AvgIpc) is 3.10. The maximum Gasteiger partial charge on any atom is 0.239 e. The van der Waals surface area contributed by atoms with Gasteiger partial charge in [0.25, 0.3) is 0 Å². The molecule has 3 fully saturated rings. The van der Waals surface area contributed by atoms with Gasteiger partial charge in [0.1, 0.15) is 0 Å². The summed E-state index contributed by atoms with van der Waals surface area (Å²) in [4.78, 5) is 17.4. The summed E-state index contributed by atoms with van der Waals surface area (Å²) in [6, 6.07) is 0.322. The normalized spacial score (nSPS) is 29.7. The molecule has 1 saturated carbocycles. The summed E-state index contributed by atoms with van der Waals surface area (Å²) >= 11 is 0. The van der Waals surface area contributed by atoms with Crippen molar-refractivity contribution in [2.75, 3.05) is 26.2 Å². The van der Waals surface area contributed by atoms with Gasteiger partial charge in [-0.1, -0.05) is 32.1 Å². The van der Waals surface area contributed by atoms with Crippen molar-refractivity contribution in [3.8, 4) is 0 Å². The predicted molar refractivity (Wildman–Crippen MR) is 89.6 cm³/mol. The highest BCUT2D eigenvalue weighted by molar-refractivity contribution is 5.81. The predicted octanol–water partition coefficient (Wildman–Crippen LogP) is 2.37. The molecule has 0 aromatic rings. The molecule has 1 amide bonds. The van der Waals surface area contributed by atoms with Gasteiger partial charge in [0.2, 0.25) is 5.91 Å². The van der Waals surface area contributed by atoms with Crippen LogP contribution in [-0.4, -0.2) is 54.0 Å². The highest BCUT2D eigenvalue weighted by Gasteiger charge is 2.32. The number of hydrogen-bond donors (Lipinski definition) is 1. The minimum Gasteiger partial charge on any atom is -0.340 e. The Labute approximate surface area is 135 Å². The molecule has 1 aliphatic carbocycles. The molecule has 0 bridgehead atoms. The van der Waals surface area contributed by atoms with Crippen molar-refractivity contribution < 1.29 is 4.79 Å². The Morgan fingerprint density at radius 3 is 2.41 bits per heavy atom. The van der Waals surface area contributed by atoms with E-state index in [0.29, 0.717) is 12.0 Å². The van der Waals surface area contributed by atoms with Crippen molar-refractivity contribution in [2.24, 2.45) is 11.7 Å². The van der Waals surface area contributed by atoms with Crippen LogP contribution in [0.25, 0.3) is 0 Å². The van der Waals surface area contributed by atoms with Gasteiger partial charge in [-0.2, -0.15) is 0 Å². The van der Waals surface area contributed by atoms with Crippen LogP contribution in [0.5, 0.6) is 0 Å².